The monoisotopic (exact) mass is 322 g/mol. The topological polar surface area (TPSA) is 63.2 Å². The average Bonchev–Trinajstić information content (AvgIpc) is 2.21. The number of halogens is 1. The summed E-state index contributed by atoms with van der Waals surface area (Å²) in [6.07, 6.45) is 0.399. The van der Waals surface area contributed by atoms with Gasteiger partial charge in [-0.25, -0.2) is 0 Å². The Bertz CT molecular complexity index is 355. The number of ether oxygens (including phenoxy) is 2. The lowest BCUT2D eigenvalue weighted by Gasteiger charge is -2.08. The highest BCUT2D eigenvalue weighted by atomic mass is 127. The summed E-state index contributed by atoms with van der Waals surface area (Å²) in [6.45, 7) is 0. The molecule has 0 aliphatic heterocycles. The smallest absolute Gasteiger partial charge is 0.312 e. The third kappa shape index (κ3) is 3.67. The summed E-state index contributed by atoms with van der Waals surface area (Å²) in [5.41, 5.74) is 4.58. The molecule has 4 nitrogen and oxygen atoms in total. The van der Waals surface area contributed by atoms with E-state index in [0.29, 0.717) is 17.9 Å². The number of hydrogen-bond acceptors (Lipinski definition) is 3. The van der Waals surface area contributed by atoms with Crippen LogP contribution in [0.3, 0.4) is 0 Å². The van der Waals surface area contributed by atoms with Gasteiger partial charge in [-0.1, -0.05) is 22.6 Å². The van der Waals surface area contributed by atoms with Gasteiger partial charge in [0, 0.05) is 16.6 Å². The Labute approximate surface area is 102 Å². The van der Waals surface area contributed by atoms with Crippen LogP contribution in [0.2, 0.25) is 0 Å². The quantitative estimate of drug-likeness (QED) is 0.393. The number of carbonyl (C=O) groups excluding carboxylic acids is 1. The highest BCUT2D eigenvalue weighted by Gasteiger charge is 2.10. The van der Waals surface area contributed by atoms with E-state index in [-0.39, 0.29) is 5.97 Å². The number of benzene rings is 1. The van der Waals surface area contributed by atoms with Crippen molar-refractivity contribution in [2.45, 2.75) is 6.42 Å². The van der Waals surface area contributed by atoms with Crippen LogP contribution >= 0.6 is 22.6 Å². The minimum absolute atomic E-state index is 0.250. The lowest BCUT2D eigenvalue weighted by atomic mass is 10.3. The van der Waals surface area contributed by atoms with Crippen LogP contribution in [0.5, 0.6) is 11.5 Å². The summed E-state index contributed by atoms with van der Waals surface area (Å²) in [5, 5.41) is 0. The van der Waals surface area contributed by atoms with Gasteiger partial charge in [-0.15, -0.1) is 0 Å². The van der Waals surface area contributed by atoms with E-state index < -0.39 is 0 Å². The van der Waals surface area contributed by atoms with E-state index in [9.17, 15) is 4.79 Å². The Kier molecular flexibility index (Phi) is 4.83. The fraction of sp³-hybridized carbons (Fsp3) is 0.300. The molecule has 0 aliphatic rings. The molecule has 0 heterocycles. The first-order valence-electron chi connectivity index (χ1n) is 4.44. The van der Waals surface area contributed by atoms with Gasteiger partial charge in [0.15, 0.2) is 11.5 Å². The molecule has 1 rings (SSSR count). The molecule has 0 bridgehead atoms. The van der Waals surface area contributed by atoms with E-state index >= 15 is 0 Å². The van der Waals surface area contributed by atoms with Crippen LogP contribution < -0.4 is 15.2 Å². The minimum Gasteiger partial charge on any atom is -0.493 e. The second-order valence-electron chi connectivity index (χ2n) is 2.90. The first-order valence-corrected chi connectivity index (χ1v) is 5.96. The molecule has 0 aliphatic carbocycles. The van der Waals surface area contributed by atoms with Crippen molar-refractivity contribution in [1.29, 1.82) is 0 Å². The molecular weight excluding hydrogens is 309 g/mol. The first-order chi connectivity index (χ1) is 7.17. The highest BCUT2D eigenvalue weighted by molar-refractivity contribution is 14.1. The summed E-state index contributed by atoms with van der Waals surface area (Å²) in [5.74, 6) is 0.726. The molecule has 0 saturated carbocycles. The Morgan fingerprint density at radius 3 is 2.80 bits per heavy atom. The number of esters is 1. The van der Waals surface area contributed by atoms with E-state index in [1.807, 2.05) is 0 Å². The Balaban J connectivity index is 2.80. The largest absolute Gasteiger partial charge is 0.493 e. The lowest BCUT2D eigenvalue weighted by molar-refractivity contribution is -0.254. The zero-order valence-corrected chi connectivity index (χ0v) is 10.6. The summed E-state index contributed by atoms with van der Waals surface area (Å²) >= 11 is 2.13. The first kappa shape index (κ1) is 12.3. The van der Waals surface area contributed by atoms with Gasteiger partial charge in [-0.05, 0) is 6.07 Å². The molecule has 0 fully saturated rings. The second-order valence-corrected chi connectivity index (χ2v) is 3.98. The van der Waals surface area contributed by atoms with Gasteiger partial charge >= 0.3 is 5.97 Å². The van der Waals surface area contributed by atoms with Gasteiger partial charge in [0.2, 0.25) is 0 Å². The zero-order chi connectivity index (χ0) is 11.3. The minimum atomic E-state index is -0.250. The van der Waals surface area contributed by atoms with Crippen molar-refractivity contribution in [3.05, 3.63) is 18.2 Å². The molecule has 0 aromatic heterocycles. The third-order valence-electron chi connectivity index (χ3n) is 1.75. The Morgan fingerprint density at radius 1 is 1.47 bits per heavy atom. The molecule has 0 atom stereocenters. The number of hydrogen-bond donors (Lipinski definition) is 1. The molecule has 0 unspecified atom stereocenters. The lowest BCUT2D eigenvalue weighted by Crippen LogP contribution is -2.39. The Hall–Kier alpha value is -0.820. The molecule has 3 N–H and O–H groups in total. The van der Waals surface area contributed by atoms with E-state index in [1.54, 1.807) is 18.2 Å². The van der Waals surface area contributed by atoms with Crippen LogP contribution in [-0.2, 0) is 4.79 Å². The van der Waals surface area contributed by atoms with Crippen LogP contribution in [0.1, 0.15) is 6.42 Å². The summed E-state index contributed by atoms with van der Waals surface area (Å²) in [6, 6.07) is 5.19. The summed E-state index contributed by atoms with van der Waals surface area (Å²) in [4.78, 5) is 11.3. The predicted octanol–water partition coefficient (Wildman–Crippen LogP) is 1.30. The maximum Gasteiger partial charge on any atom is 0.312 e. The standard InChI is InChI=1S/C10H12INO3/c1-14-9-6-7(12)2-3-8(9)15-10(13)4-5-11/h2-3,6H,4-5,12H2,1H3/p+1. The van der Waals surface area contributed by atoms with Crippen molar-refractivity contribution >= 4 is 34.2 Å². The third-order valence-corrected chi connectivity index (χ3v) is 2.29. The fourth-order valence-corrected chi connectivity index (χ4v) is 1.49. The molecule has 15 heavy (non-hydrogen) atoms. The number of methoxy groups -OCH3 is 1. The SMILES string of the molecule is COc1cc([NH3+])ccc1OC(=O)CCI. The van der Waals surface area contributed by atoms with Gasteiger partial charge in [0.1, 0.15) is 5.69 Å². The predicted molar refractivity (Wildman–Crippen MR) is 64.7 cm³/mol. The maximum atomic E-state index is 11.3. The van der Waals surface area contributed by atoms with Gasteiger partial charge in [-0.2, -0.15) is 0 Å². The van der Waals surface area contributed by atoms with Crippen LogP contribution in [0.4, 0.5) is 5.69 Å². The molecule has 0 radical (unpaired) electrons. The van der Waals surface area contributed by atoms with Crippen molar-refractivity contribution in [1.82, 2.24) is 0 Å². The molecule has 5 heteroatoms. The maximum absolute atomic E-state index is 11.3. The normalized spacial score (nSPS) is 9.80. The number of rotatable bonds is 4. The van der Waals surface area contributed by atoms with Crippen molar-refractivity contribution in [2.24, 2.45) is 0 Å². The number of carbonyl (C=O) groups is 1. The zero-order valence-electron chi connectivity index (χ0n) is 8.46. The van der Waals surface area contributed by atoms with Crippen LogP contribution in [0.25, 0.3) is 0 Å². The van der Waals surface area contributed by atoms with Crippen LogP contribution in [0, 0.1) is 0 Å². The van der Waals surface area contributed by atoms with Gasteiger partial charge in [0.05, 0.1) is 13.5 Å². The van der Waals surface area contributed by atoms with Crippen molar-refractivity contribution in [3.63, 3.8) is 0 Å². The molecule has 0 amide bonds. The summed E-state index contributed by atoms with van der Waals surface area (Å²) in [7, 11) is 1.53. The molecule has 0 saturated heterocycles. The van der Waals surface area contributed by atoms with Crippen molar-refractivity contribution in [2.75, 3.05) is 11.5 Å². The molecule has 0 spiro atoms. The van der Waals surface area contributed by atoms with Gasteiger partial charge < -0.3 is 15.2 Å². The molecule has 1 aromatic carbocycles. The molecule has 1 aromatic rings. The van der Waals surface area contributed by atoms with Crippen molar-refractivity contribution in [3.8, 4) is 11.5 Å². The van der Waals surface area contributed by atoms with E-state index in [2.05, 4.69) is 28.3 Å². The summed E-state index contributed by atoms with van der Waals surface area (Å²) < 4.78 is 11.0. The molecular formula is C10H13INO3+. The second kappa shape index (κ2) is 5.92. The van der Waals surface area contributed by atoms with Gasteiger partial charge in [0.25, 0.3) is 0 Å². The van der Waals surface area contributed by atoms with E-state index in [4.69, 9.17) is 9.47 Å². The Morgan fingerprint density at radius 2 is 2.20 bits per heavy atom. The van der Waals surface area contributed by atoms with E-state index in [1.165, 1.54) is 7.11 Å². The van der Waals surface area contributed by atoms with Crippen molar-refractivity contribution < 1.29 is 20.0 Å². The highest BCUT2D eigenvalue weighted by Crippen LogP contribution is 2.28. The van der Waals surface area contributed by atoms with Crippen LogP contribution in [-0.4, -0.2) is 17.5 Å². The average molecular weight is 322 g/mol. The van der Waals surface area contributed by atoms with E-state index in [0.717, 1.165) is 10.1 Å². The van der Waals surface area contributed by atoms with Crippen LogP contribution in [0.15, 0.2) is 18.2 Å². The number of alkyl halides is 1. The van der Waals surface area contributed by atoms with Gasteiger partial charge in [-0.3, -0.25) is 4.79 Å². The molecule has 82 valence electrons. The fourth-order valence-electron chi connectivity index (χ4n) is 1.05. The number of quaternary nitrogens is 1.